The lowest BCUT2D eigenvalue weighted by molar-refractivity contribution is -0.321. The molecule has 0 bridgehead atoms. The van der Waals surface area contributed by atoms with Crippen molar-refractivity contribution in [3.63, 3.8) is 0 Å². The minimum atomic E-state index is -1.64. The number of methoxy groups -OCH3 is 1. The van der Waals surface area contributed by atoms with E-state index in [1.165, 1.54) is 13.1 Å². The SMILES string of the molecule is CCOC(=O)c1cn2c3c(cc(/C=C/COCCO[C@H]4[C@H](C)O[C@@H](O[C@H]5[C@H](C)[C@@H](O[C@@H]6O[C@H](C)C[C@H](N(C)C)[C@H]6OC(C)=O)[C@](C)(O)C[C@@H](C)CN(C)[C@H](C)[C@H]6OC(=O)O[C@]6(C)[C@@H](CC)OC(=O)[C@@H]5C)C[C@@]4(C)OC)cc3c1=O)COC2(C)C. The van der Waals surface area contributed by atoms with Gasteiger partial charge in [-0.25, -0.2) is 9.59 Å². The molecular formula is C62H95N3O19. The molecule has 5 aliphatic rings. The Balaban J connectivity index is 1.12. The maximum absolute atomic E-state index is 15.0. The minimum Gasteiger partial charge on any atom is -0.462 e. The fraction of sp³-hybridized carbons (Fsp3) is 0.758. The molecule has 0 aliphatic carbocycles. The molecular weight excluding hydrogens is 1090 g/mol. The molecule has 1 N–H and O–H groups in total. The zero-order valence-electron chi connectivity index (χ0n) is 52.8. The first-order valence-electron chi connectivity index (χ1n) is 29.8. The summed E-state index contributed by atoms with van der Waals surface area (Å²) < 4.78 is 83.4. The summed E-state index contributed by atoms with van der Waals surface area (Å²) in [6.07, 6.45) is -3.05. The van der Waals surface area contributed by atoms with Crippen molar-refractivity contribution in [3.05, 3.63) is 51.3 Å². The number of pyridine rings is 1. The van der Waals surface area contributed by atoms with Crippen LogP contribution in [-0.2, 0) is 83.5 Å². The molecule has 2 aromatic rings. The quantitative estimate of drug-likeness (QED) is 0.0942. The lowest BCUT2D eigenvalue weighted by Crippen LogP contribution is -2.61. The van der Waals surface area contributed by atoms with Crippen LogP contribution in [0.2, 0.25) is 0 Å². The highest BCUT2D eigenvalue weighted by Gasteiger charge is 2.59. The number of rotatable bonds is 17. The Kier molecular flexibility index (Phi) is 21.7. The lowest BCUT2D eigenvalue weighted by atomic mass is 9.77. The topological polar surface area (TPSA) is 237 Å². The van der Waals surface area contributed by atoms with Crippen LogP contribution in [0.5, 0.6) is 0 Å². The Hall–Kier alpha value is -4.59. The van der Waals surface area contributed by atoms with Gasteiger partial charge >= 0.3 is 24.1 Å². The molecule has 1 aromatic carbocycles. The van der Waals surface area contributed by atoms with Gasteiger partial charge in [0.2, 0.25) is 5.43 Å². The van der Waals surface area contributed by atoms with Gasteiger partial charge in [0.25, 0.3) is 0 Å². The molecule has 22 heteroatoms. The molecule has 4 saturated heterocycles. The number of aliphatic hydroxyl groups is 1. The summed E-state index contributed by atoms with van der Waals surface area (Å²) in [5, 5.41) is 13.4. The number of hydrogen-bond donors (Lipinski definition) is 1. The Labute approximate surface area is 495 Å². The number of hydrogen-bond acceptors (Lipinski definition) is 21. The monoisotopic (exact) mass is 1190 g/mol. The fourth-order valence-corrected chi connectivity index (χ4v) is 13.4. The normalized spacial score (nSPS) is 37.0. The van der Waals surface area contributed by atoms with Crippen molar-refractivity contribution in [2.75, 3.05) is 61.2 Å². The van der Waals surface area contributed by atoms with E-state index in [1.54, 1.807) is 40.9 Å². The van der Waals surface area contributed by atoms with Crippen molar-refractivity contribution >= 4 is 41.0 Å². The van der Waals surface area contributed by atoms with Crippen LogP contribution in [0.4, 0.5) is 4.79 Å². The molecule has 0 amide bonds. The summed E-state index contributed by atoms with van der Waals surface area (Å²) in [6, 6.07) is 3.01. The molecule has 0 spiro atoms. The highest BCUT2D eigenvalue weighted by molar-refractivity contribution is 5.95. The first kappa shape index (κ1) is 66.9. The van der Waals surface area contributed by atoms with Crippen LogP contribution in [-0.4, -0.2) is 195 Å². The number of aromatic nitrogens is 1. The van der Waals surface area contributed by atoms with Crippen LogP contribution in [0.25, 0.3) is 17.0 Å². The maximum Gasteiger partial charge on any atom is 0.509 e. The van der Waals surface area contributed by atoms with Gasteiger partial charge in [-0.3, -0.25) is 19.3 Å². The van der Waals surface area contributed by atoms with Gasteiger partial charge in [-0.05, 0) is 133 Å². The second-order valence-corrected chi connectivity index (χ2v) is 25.3. The highest BCUT2D eigenvalue weighted by atomic mass is 16.8. The highest BCUT2D eigenvalue weighted by Crippen LogP contribution is 2.43. The van der Waals surface area contributed by atoms with Gasteiger partial charge in [-0.1, -0.05) is 32.9 Å². The first-order chi connectivity index (χ1) is 39.4. The summed E-state index contributed by atoms with van der Waals surface area (Å²) in [5.74, 6) is -3.95. The number of fused-ring (bicyclic) bond motifs is 1. The standard InChI is InChI=1S/C62H95N3O19/c1-19-46-62(14)53(83-58(70)84-62)38(7)64(17)31-34(3)29-60(12,71)52(82-57-51(79-40(9)66)45(63(15)16)26-35(4)77-57)36(5)50(37(6)55(68)80-46)81-47-30-61(13,72-18)54(39(8)78-47)75-25-24-73-23-21-22-41-27-42-33-76-59(10,11)65-32-44(56(69)74-20-2)49(67)43(28-41)48(42)65/h21-22,27-28,32,34-39,45-47,50-54,57,71H,19-20,23-26,29-31,33H2,1-18H3/b22-21+/t34-,35-,36+,37-,38-,39+,45+,46-,47+,50+,51-,52-,53-,54+,57+,60-,61-,62-/m1/s1. The predicted octanol–water partition coefficient (Wildman–Crippen LogP) is 7.12. The lowest BCUT2D eigenvalue weighted by Gasteiger charge is -2.49. The van der Waals surface area contributed by atoms with Crippen molar-refractivity contribution in [1.82, 2.24) is 14.4 Å². The van der Waals surface area contributed by atoms with Crippen LogP contribution in [0, 0.1) is 17.8 Å². The number of nitrogens with zero attached hydrogens (tertiary/aromatic N) is 3. The van der Waals surface area contributed by atoms with E-state index >= 15 is 0 Å². The average molecular weight is 1190 g/mol. The van der Waals surface area contributed by atoms with Gasteiger partial charge in [-0.15, -0.1) is 0 Å². The van der Waals surface area contributed by atoms with Crippen molar-refractivity contribution in [3.8, 4) is 0 Å². The third kappa shape index (κ3) is 14.5. The number of carbonyl (C=O) groups is 4. The Morgan fingerprint density at radius 2 is 1.63 bits per heavy atom. The van der Waals surface area contributed by atoms with Crippen LogP contribution in [0.3, 0.4) is 0 Å². The van der Waals surface area contributed by atoms with E-state index in [0.29, 0.717) is 23.9 Å². The van der Waals surface area contributed by atoms with Crippen LogP contribution >= 0.6 is 0 Å². The third-order valence-electron chi connectivity index (χ3n) is 17.8. The fourth-order valence-electron chi connectivity index (χ4n) is 13.4. The van der Waals surface area contributed by atoms with E-state index < -0.39 is 125 Å². The summed E-state index contributed by atoms with van der Waals surface area (Å²) in [6.45, 7) is 26.7. The molecule has 0 unspecified atom stereocenters. The molecule has 6 heterocycles. The molecule has 1 aromatic heterocycles. The summed E-state index contributed by atoms with van der Waals surface area (Å²) in [4.78, 5) is 71.3. The van der Waals surface area contributed by atoms with Gasteiger partial charge < -0.3 is 76.2 Å². The first-order valence-corrected chi connectivity index (χ1v) is 29.8. The largest absolute Gasteiger partial charge is 0.509 e. The van der Waals surface area contributed by atoms with Gasteiger partial charge in [0.1, 0.15) is 23.5 Å². The molecule has 5 aliphatic heterocycles. The van der Waals surface area contributed by atoms with Gasteiger partial charge in [0, 0.05) is 56.1 Å². The molecule has 7 rings (SSSR count). The molecule has 0 saturated carbocycles. The second-order valence-electron chi connectivity index (χ2n) is 25.3. The second kappa shape index (κ2) is 27.2. The zero-order chi connectivity index (χ0) is 62.0. The summed E-state index contributed by atoms with van der Waals surface area (Å²) in [7, 11) is 7.30. The number of benzene rings is 1. The number of esters is 3. The zero-order valence-corrected chi connectivity index (χ0v) is 52.8. The number of likely N-dealkylation sites (N-methyl/N-ethyl adjacent to an activating group) is 2. The minimum absolute atomic E-state index is 0.0643. The molecule has 0 radical (unpaired) electrons. The number of ether oxygens (including phenoxy) is 13. The Bertz CT molecular complexity index is 2730. The average Bonchev–Trinajstić information content (AvgIpc) is 0.970. The van der Waals surface area contributed by atoms with E-state index in [4.69, 9.17) is 61.6 Å². The van der Waals surface area contributed by atoms with E-state index in [9.17, 15) is 29.1 Å². The predicted molar refractivity (Wildman–Crippen MR) is 309 cm³/mol. The number of carbonyl (C=O) groups excluding carboxylic acids is 4. The van der Waals surface area contributed by atoms with E-state index in [-0.39, 0.29) is 75.9 Å². The van der Waals surface area contributed by atoms with Crippen molar-refractivity contribution in [2.24, 2.45) is 17.8 Å². The van der Waals surface area contributed by atoms with Crippen LogP contribution in [0.15, 0.2) is 29.2 Å². The molecule has 472 valence electrons. The van der Waals surface area contributed by atoms with Gasteiger partial charge in [0.05, 0.1) is 86.1 Å². The Morgan fingerprint density at radius 3 is 2.29 bits per heavy atom. The van der Waals surface area contributed by atoms with Crippen LogP contribution < -0.4 is 5.43 Å². The van der Waals surface area contributed by atoms with E-state index in [1.807, 2.05) is 116 Å². The van der Waals surface area contributed by atoms with Gasteiger partial charge in [-0.2, -0.15) is 0 Å². The molecule has 84 heavy (non-hydrogen) atoms. The van der Waals surface area contributed by atoms with Crippen molar-refractivity contribution in [1.29, 1.82) is 0 Å². The van der Waals surface area contributed by atoms with Crippen molar-refractivity contribution in [2.45, 2.75) is 225 Å². The van der Waals surface area contributed by atoms with E-state index in [0.717, 1.165) is 11.1 Å². The van der Waals surface area contributed by atoms with E-state index in [2.05, 4.69) is 0 Å². The summed E-state index contributed by atoms with van der Waals surface area (Å²) >= 11 is 0. The molecule has 18 atom stereocenters. The molecule has 4 fully saturated rings. The summed E-state index contributed by atoms with van der Waals surface area (Å²) in [5.41, 5.74) is -3.03. The maximum atomic E-state index is 15.0. The smallest absolute Gasteiger partial charge is 0.462 e. The molecule has 22 nitrogen and oxygen atoms in total. The van der Waals surface area contributed by atoms with Gasteiger partial charge in [0.15, 0.2) is 30.4 Å². The van der Waals surface area contributed by atoms with Crippen molar-refractivity contribution < 1.29 is 85.9 Å². The Morgan fingerprint density at radius 1 is 0.917 bits per heavy atom. The van der Waals surface area contributed by atoms with Crippen LogP contribution in [0.1, 0.15) is 144 Å². The third-order valence-corrected chi connectivity index (χ3v) is 17.8. The number of cyclic esters (lactones) is 1.